The summed E-state index contributed by atoms with van der Waals surface area (Å²) in [5.74, 6) is 1.11. The van der Waals surface area contributed by atoms with Gasteiger partial charge in [-0.1, -0.05) is 5.16 Å². The molecule has 1 aromatic heterocycles. The highest BCUT2D eigenvalue weighted by molar-refractivity contribution is 5.33. The predicted molar refractivity (Wildman–Crippen MR) is 38.9 cm³/mol. The van der Waals surface area contributed by atoms with Gasteiger partial charge in [-0.15, -0.1) is 0 Å². The van der Waals surface area contributed by atoms with Gasteiger partial charge in [0.15, 0.2) is 5.82 Å². The molecular weight excluding hydrogens is 144 g/mol. The molecule has 3 N–H and O–H groups in total. The van der Waals surface area contributed by atoms with Crippen molar-refractivity contribution in [1.82, 2.24) is 5.16 Å². The number of nitrogens with zero attached hydrogens (tertiary/aromatic N) is 1. The van der Waals surface area contributed by atoms with Crippen molar-refractivity contribution in [2.75, 3.05) is 12.3 Å². The number of hydrogen-bond donors (Lipinski definition) is 2. The zero-order chi connectivity index (χ0) is 7.90. The molecular formula is C7H10N2O2. The van der Waals surface area contributed by atoms with Crippen molar-refractivity contribution in [1.29, 1.82) is 0 Å². The number of hydrogen-bond acceptors (Lipinski definition) is 4. The van der Waals surface area contributed by atoms with E-state index < -0.39 is 0 Å². The molecule has 0 saturated heterocycles. The molecule has 0 unspecified atom stereocenters. The van der Waals surface area contributed by atoms with Crippen LogP contribution in [0.15, 0.2) is 10.6 Å². The van der Waals surface area contributed by atoms with Crippen molar-refractivity contribution < 1.29 is 9.63 Å². The standard InChI is InChI=1S/C7H10N2O2/c8-6-3-5(11-9-6)7(4-10)1-2-7/h3,10H,1-2,4H2,(H2,8,9). The van der Waals surface area contributed by atoms with E-state index in [0.717, 1.165) is 18.6 Å². The molecule has 1 aromatic rings. The van der Waals surface area contributed by atoms with Crippen molar-refractivity contribution in [3.05, 3.63) is 11.8 Å². The van der Waals surface area contributed by atoms with Crippen LogP contribution in [-0.2, 0) is 5.41 Å². The lowest BCUT2D eigenvalue weighted by atomic mass is 10.1. The van der Waals surface area contributed by atoms with E-state index in [1.807, 2.05) is 0 Å². The van der Waals surface area contributed by atoms with Crippen molar-refractivity contribution in [2.24, 2.45) is 0 Å². The lowest BCUT2D eigenvalue weighted by molar-refractivity contribution is 0.226. The van der Waals surface area contributed by atoms with Gasteiger partial charge >= 0.3 is 0 Å². The Hall–Kier alpha value is -1.03. The van der Waals surface area contributed by atoms with Crippen LogP contribution in [0.3, 0.4) is 0 Å². The summed E-state index contributed by atoms with van der Waals surface area (Å²) in [6, 6.07) is 1.68. The third kappa shape index (κ3) is 0.903. The molecule has 4 heteroatoms. The van der Waals surface area contributed by atoms with Gasteiger partial charge in [0, 0.05) is 6.07 Å². The first-order valence-electron chi connectivity index (χ1n) is 3.60. The quantitative estimate of drug-likeness (QED) is 0.641. The Balaban J connectivity index is 2.29. The highest BCUT2D eigenvalue weighted by Gasteiger charge is 2.47. The number of nitrogen functional groups attached to an aromatic ring is 1. The first-order chi connectivity index (χ1) is 5.27. The normalized spacial score (nSPS) is 20.1. The fraction of sp³-hybridized carbons (Fsp3) is 0.571. The summed E-state index contributed by atoms with van der Waals surface area (Å²) < 4.78 is 4.95. The van der Waals surface area contributed by atoms with Crippen LogP contribution in [0, 0.1) is 0 Å². The molecule has 1 saturated carbocycles. The van der Waals surface area contributed by atoms with Gasteiger partial charge in [0.25, 0.3) is 0 Å². The summed E-state index contributed by atoms with van der Waals surface area (Å²) in [6.07, 6.45) is 1.94. The van der Waals surface area contributed by atoms with Gasteiger partial charge in [0.2, 0.25) is 0 Å². The van der Waals surface area contributed by atoms with Crippen LogP contribution >= 0.6 is 0 Å². The second-order valence-electron chi connectivity index (χ2n) is 3.05. The summed E-state index contributed by atoms with van der Waals surface area (Å²) >= 11 is 0. The number of aliphatic hydroxyl groups is 1. The molecule has 0 aliphatic heterocycles. The third-order valence-electron chi connectivity index (χ3n) is 2.21. The first kappa shape index (κ1) is 6.67. The van der Waals surface area contributed by atoms with E-state index in [0.29, 0.717) is 5.82 Å². The SMILES string of the molecule is Nc1cc(C2(CO)CC2)on1. The molecule has 1 aliphatic rings. The van der Waals surface area contributed by atoms with E-state index >= 15 is 0 Å². The lowest BCUT2D eigenvalue weighted by Crippen LogP contribution is -2.10. The minimum atomic E-state index is -0.148. The maximum absolute atomic E-state index is 8.99. The molecule has 1 aliphatic carbocycles. The van der Waals surface area contributed by atoms with E-state index in [2.05, 4.69) is 5.16 Å². The van der Waals surface area contributed by atoms with Gasteiger partial charge in [0.05, 0.1) is 12.0 Å². The Morgan fingerprint density at radius 1 is 1.73 bits per heavy atom. The minimum Gasteiger partial charge on any atom is -0.395 e. The Kier molecular flexibility index (Phi) is 1.20. The average molecular weight is 154 g/mol. The van der Waals surface area contributed by atoms with Crippen LogP contribution in [0.4, 0.5) is 5.82 Å². The largest absolute Gasteiger partial charge is 0.395 e. The molecule has 0 spiro atoms. The Morgan fingerprint density at radius 2 is 2.45 bits per heavy atom. The Bertz CT molecular complexity index is 265. The molecule has 0 bridgehead atoms. The van der Waals surface area contributed by atoms with Gasteiger partial charge in [-0.3, -0.25) is 0 Å². The number of rotatable bonds is 2. The predicted octanol–water partition coefficient (Wildman–Crippen LogP) is 0.281. The fourth-order valence-corrected chi connectivity index (χ4v) is 1.17. The van der Waals surface area contributed by atoms with Crippen LogP contribution in [0.2, 0.25) is 0 Å². The molecule has 0 radical (unpaired) electrons. The molecule has 0 aromatic carbocycles. The van der Waals surface area contributed by atoms with Crippen LogP contribution < -0.4 is 5.73 Å². The van der Waals surface area contributed by atoms with Gasteiger partial charge < -0.3 is 15.4 Å². The van der Waals surface area contributed by atoms with Gasteiger partial charge in [-0.2, -0.15) is 0 Å². The zero-order valence-electron chi connectivity index (χ0n) is 6.08. The second kappa shape index (κ2) is 1.98. The molecule has 60 valence electrons. The number of aliphatic hydroxyl groups excluding tert-OH is 1. The van der Waals surface area contributed by atoms with Crippen molar-refractivity contribution in [3.8, 4) is 0 Å². The lowest BCUT2D eigenvalue weighted by Gasteiger charge is -2.03. The summed E-state index contributed by atoms with van der Waals surface area (Å²) in [5.41, 5.74) is 5.22. The molecule has 1 heterocycles. The summed E-state index contributed by atoms with van der Waals surface area (Å²) in [7, 11) is 0. The van der Waals surface area contributed by atoms with E-state index in [4.69, 9.17) is 15.4 Å². The van der Waals surface area contributed by atoms with E-state index in [1.165, 1.54) is 0 Å². The van der Waals surface area contributed by atoms with Crippen LogP contribution in [0.1, 0.15) is 18.6 Å². The minimum absolute atomic E-state index is 0.127. The summed E-state index contributed by atoms with van der Waals surface area (Å²) in [6.45, 7) is 0.127. The maximum atomic E-state index is 8.99. The van der Waals surface area contributed by atoms with Gasteiger partial charge in [-0.25, -0.2) is 0 Å². The monoisotopic (exact) mass is 154 g/mol. The number of nitrogens with two attached hydrogens (primary N) is 1. The fourth-order valence-electron chi connectivity index (χ4n) is 1.17. The molecule has 11 heavy (non-hydrogen) atoms. The molecule has 4 nitrogen and oxygen atoms in total. The van der Waals surface area contributed by atoms with Crippen molar-refractivity contribution in [3.63, 3.8) is 0 Å². The van der Waals surface area contributed by atoms with Crippen molar-refractivity contribution in [2.45, 2.75) is 18.3 Å². The zero-order valence-corrected chi connectivity index (χ0v) is 6.08. The average Bonchev–Trinajstić information content (AvgIpc) is 2.70. The second-order valence-corrected chi connectivity index (χ2v) is 3.05. The third-order valence-corrected chi connectivity index (χ3v) is 2.21. The van der Waals surface area contributed by atoms with Crippen LogP contribution in [0.5, 0.6) is 0 Å². The number of aromatic nitrogens is 1. The van der Waals surface area contributed by atoms with Gasteiger partial charge in [0.1, 0.15) is 5.76 Å². The summed E-state index contributed by atoms with van der Waals surface area (Å²) in [4.78, 5) is 0. The highest BCUT2D eigenvalue weighted by Crippen LogP contribution is 2.47. The van der Waals surface area contributed by atoms with Crippen LogP contribution in [0.25, 0.3) is 0 Å². The highest BCUT2D eigenvalue weighted by atomic mass is 16.5. The maximum Gasteiger partial charge on any atom is 0.167 e. The van der Waals surface area contributed by atoms with E-state index in [1.54, 1.807) is 6.07 Å². The Labute approximate surface area is 64.0 Å². The smallest absolute Gasteiger partial charge is 0.167 e. The van der Waals surface area contributed by atoms with Crippen LogP contribution in [-0.4, -0.2) is 16.9 Å². The Morgan fingerprint density at radius 3 is 2.82 bits per heavy atom. The molecule has 0 atom stereocenters. The van der Waals surface area contributed by atoms with Crippen molar-refractivity contribution >= 4 is 5.82 Å². The van der Waals surface area contributed by atoms with Gasteiger partial charge in [-0.05, 0) is 12.8 Å². The molecule has 0 amide bonds. The van der Waals surface area contributed by atoms with E-state index in [-0.39, 0.29) is 12.0 Å². The summed E-state index contributed by atoms with van der Waals surface area (Å²) in [5, 5.41) is 12.6. The molecule has 1 fully saturated rings. The topological polar surface area (TPSA) is 72.3 Å². The molecule has 2 rings (SSSR count). The van der Waals surface area contributed by atoms with E-state index in [9.17, 15) is 0 Å². The number of anilines is 1. The first-order valence-corrected chi connectivity index (χ1v) is 3.60.